The van der Waals surface area contributed by atoms with Gasteiger partial charge in [0.25, 0.3) is 0 Å². The Kier molecular flexibility index (Phi) is 4.80. The van der Waals surface area contributed by atoms with Gasteiger partial charge in [0.15, 0.2) is 17.5 Å². The van der Waals surface area contributed by atoms with Crippen molar-refractivity contribution in [1.82, 2.24) is 5.16 Å². The average Bonchev–Trinajstić information content (AvgIpc) is 3.29. The first-order valence-electron chi connectivity index (χ1n) is 8.56. The molecule has 10 heteroatoms. The summed E-state index contributed by atoms with van der Waals surface area (Å²) < 4.78 is 44.3. The molecular formula is C17H18F2N4O4. The van der Waals surface area contributed by atoms with Gasteiger partial charge in [0.05, 0.1) is 32.0 Å². The lowest BCUT2D eigenvalue weighted by molar-refractivity contribution is 0.122. The first kappa shape index (κ1) is 17.5. The zero-order valence-electron chi connectivity index (χ0n) is 14.4. The smallest absolute Gasteiger partial charge is 0.414 e. The number of morpholine rings is 1. The van der Waals surface area contributed by atoms with E-state index in [1.807, 2.05) is 0 Å². The molecule has 27 heavy (non-hydrogen) atoms. The molecule has 1 aromatic carbocycles. The molecular weight excluding hydrogens is 362 g/mol. The maximum atomic E-state index is 14.6. The molecule has 2 aliphatic heterocycles. The summed E-state index contributed by atoms with van der Waals surface area (Å²) in [7, 11) is 0. The highest BCUT2D eigenvalue weighted by molar-refractivity contribution is 5.90. The number of cyclic esters (lactones) is 1. The number of anilines is 3. The lowest BCUT2D eigenvalue weighted by Gasteiger charge is -2.29. The molecule has 0 radical (unpaired) electrons. The normalized spacial score (nSPS) is 20.1. The van der Waals surface area contributed by atoms with Crippen LogP contribution in [0.15, 0.2) is 29.0 Å². The van der Waals surface area contributed by atoms with Crippen molar-refractivity contribution in [3.8, 4) is 0 Å². The summed E-state index contributed by atoms with van der Waals surface area (Å²) in [5.41, 5.74) is 0.0230. The van der Waals surface area contributed by atoms with Gasteiger partial charge in [0.1, 0.15) is 18.1 Å². The molecule has 0 aliphatic carbocycles. The number of ether oxygens (including phenoxy) is 2. The summed E-state index contributed by atoms with van der Waals surface area (Å²) in [5, 5.41) is 6.66. The average molecular weight is 380 g/mol. The van der Waals surface area contributed by atoms with Crippen LogP contribution < -0.4 is 15.1 Å². The molecule has 144 valence electrons. The van der Waals surface area contributed by atoms with Crippen molar-refractivity contribution < 1.29 is 27.6 Å². The number of benzene rings is 1. The summed E-state index contributed by atoms with van der Waals surface area (Å²) in [6.07, 6.45) is 0.274. The maximum absolute atomic E-state index is 14.6. The van der Waals surface area contributed by atoms with E-state index >= 15 is 0 Å². The molecule has 0 bridgehead atoms. The summed E-state index contributed by atoms with van der Waals surface area (Å²) in [6, 6.07) is 3.94. The number of aromatic nitrogens is 1. The van der Waals surface area contributed by atoms with Gasteiger partial charge >= 0.3 is 6.09 Å². The second-order valence-electron chi connectivity index (χ2n) is 6.24. The van der Waals surface area contributed by atoms with Gasteiger partial charge in [-0.1, -0.05) is 5.16 Å². The largest absolute Gasteiger partial charge is 0.442 e. The van der Waals surface area contributed by atoms with Gasteiger partial charge in [-0.3, -0.25) is 4.90 Å². The van der Waals surface area contributed by atoms with Crippen molar-refractivity contribution in [2.75, 3.05) is 54.5 Å². The number of halogens is 2. The number of carbonyl (C=O) groups is 1. The first-order chi connectivity index (χ1) is 13.1. The topological polar surface area (TPSA) is 80.1 Å². The minimum absolute atomic E-state index is 0.0983. The van der Waals surface area contributed by atoms with E-state index in [4.69, 9.17) is 14.0 Å². The van der Waals surface area contributed by atoms with Crippen LogP contribution in [0.4, 0.5) is 30.8 Å². The van der Waals surface area contributed by atoms with Crippen LogP contribution in [0.5, 0.6) is 0 Å². The summed E-state index contributed by atoms with van der Waals surface area (Å²) in [5.74, 6) is -0.927. The minimum Gasteiger partial charge on any atom is -0.442 e. The lowest BCUT2D eigenvalue weighted by Crippen LogP contribution is -2.37. The Morgan fingerprint density at radius 1 is 1.22 bits per heavy atom. The number of nitrogens with zero attached hydrogens (tertiary/aromatic N) is 3. The van der Waals surface area contributed by atoms with Crippen molar-refractivity contribution in [3.05, 3.63) is 36.1 Å². The number of carbonyl (C=O) groups excluding carboxylic acids is 1. The van der Waals surface area contributed by atoms with Crippen molar-refractivity contribution >= 4 is 23.3 Å². The Labute approximate surface area is 153 Å². The Morgan fingerprint density at radius 2 is 1.96 bits per heavy atom. The van der Waals surface area contributed by atoms with E-state index in [0.717, 1.165) is 12.1 Å². The molecule has 0 spiro atoms. The maximum Gasteiger partial charge on any atom is 0.414 e. The number of amides is 1. The predicted molar refractivity (Wildman–Crippen MR) is 92.0 cm³/mol. The Balaban J connectivity index is 1.47. The molecule has 2 fully saturated rings. The molecule has 1 amide bonds. The number of nitrogens with one attached hydrogen (secondary N) is 1. The SMILES string of the molecule is O=C1OC(CNc2ccon2)CN1c1cc(F)c(N2CCOCC2)c(F)c1. The number of rotatable bonds is 5. The Morgan fingerprint density at radius 3 is 2.63 bits per heavy atom. The van der Waals surface area contributed by atoms with Crippen LogP contribution in [0.25, 0.3) is 0 Å². The summed E-state index contributed by atoms with van der Waals surface area (Å²) in [6.45, 7) is 2.12. The fourth-order valence-electron chi connectivity index (χ4n) is 3.16. The highest BCUT2D eigenvalue weighted by Crippen LogP contribution is 2.31. The zero-order valence-corrected chi connectivity index (χ0v) is 14.4. The molecule has 2 saturated heterocycles. The van der Waals surface area contributed by atoms with Crippen LogP contribution in [0.1, 0.15) is 0 Å². The molecule has 1 atom stereocenters. The monoisotopic (exact) mass is 380 g/mol. The van der Waals surface area contributed by atoms with E-state index in [1.165, 1.54) is 11.2 Å². The van der Waals surface area contributed by atoms with Crippen LogP contribution in [-0.4, -0.2) is 56.7 Å². The van der Waals surface area contributed by atoms with Gasteiger partial charge in [0.2, 0.25) is 0 Å². The summed E-state index contributed by atoms with van der Waals surface area (Å²) in [4.78, 5) is 14.9. The number of hydrogen-bond acceptors (Lipinski definition) is 7. The molecule has 2 aromatic rings. The lowest BCUT2D eigenvalue weighted by atomic mass is 10.2. The second-order valence-corrected chi connectivity index (χ2v) is 6.24. The Bertz CT molecular complexity index is 788. The van der Waals surface area contributed by atoms with Gasteiger partial charge in [-0.15, -0.1) is 0 Å². The third-order valence-electron chi connectivity index (χ3n) is 4.46. The van der Waals surface area contributed by atoms with Crippen LogP contribution in [-0.2, 0) is 9.47 Å². The standard InChI is InChI=1S/C17H18F2N4O4/c18-13-7-11(8-14(19)16(13)22-2-5-25-6-3-22)23-10-12(27-17(23)24)9-20-15-1-4-26-21-15/h1,4,7-8,12H,2-3,5-6,9-10H2,(H,20,21). The molecule has 3 heterocycles. The second kappa shape index (κ2) is 7.39. The van der Waals surface area contributed by atoms with E-state index in [-0.39, 0.29) is 17.9 Å². The van der Waals surface area contributed by atoms with E-state index in [2.05, 4.69) is 10.5 Å². The van der Waals surface area contributed by atoms with Crippen molar-refractivity contribution in [2.45, 2.75) is 6.10 Å². The minimum atomic E-state index is -0.719. The van der Waals surface area contributed by atoms with Gasteiger partial charge < -0.3 is 24.2 Å². The van der Waals surface area contributed by atoms with Crippen molar-refractivity contribution in [1.29, 1.82) is 0 Å². The fraction of sp³-hybridized carbons (Fsp3) is 0.412. The van der Waals surface area contributed by atoms with E-state index in [0.29, 0.717) is 38.7 Å². The highest BCUT2D eigenvalue weighted by atomic mass is 19.1. The van der Waals surface area contributed by atoms with Gasteiger partial charge in [-0.25, -0.2) is 13.6 Å². The van der Waals surface area contributed by atoms with Gasteiger partial charge in [-0.2, -0.15) is 0 Å². The molecule has 2 aliphatic rings. The highest BCUT2D eigenvalue weighted by Gasteiger charge is 2.33. The number of hydrogen-bond donors (Lipinski definition) is 1. The molecule has 4 rings (SSSR count). The van der Waals surface area contributed by atoms with Gasteiger partial charge in [-0.05, 0) is 0 Å². The molecule has 1 N–H and O–H groups in total. The molecule has 1 aromatic heterocycles. The third-order valence-corrected chi connectivity index (χ3v) is 4.46. The molecule has 0 saturated carbocycles. The quantitative estimate of drug-likeness (QED) is 0.852. The fourth-order valence-corrected chi connectivity index (χ4v) is 3.16. The van der Waals surface area contributed by atoms with E-state index in [1.54, 1.807) is 11.0 Å². The molecule has 8 nitrogen and oxygen atoms in total. The Hall–Kier alpha value is -2.88. The van der Waals surface area contributed by atoms with E-state index in [9.17, 15) is 13.6 Å². The van der Waals surface area contributed by atoms with Crippen LogP contribution in [0.2, 0.25) is 0 Å². The third kappa shape index (κ3) is 3.65. The molecule has 1 unspecified atom stereocenters. The van der Waals surface area contributed by atoms with Crippen LogP contribution in [0, 0.1) is 11.6 Å². The van der Waals surface area contributed by atoms with Crippen LogP contribution in [0.3, 0.4) is 0 Å². The predicted octanol–water partition coefficient (Wildman–Crippen LogP) is 2.23. The first-order valence-corrected chi connectivity index (χ1v) is 8.56. The summed E-state index contributed by atoms with van der Waals surface area (Å²) >= 11 is 0. The van der Waals surface area contributed by atoms with E-state index < -0.39 is 23.8 Å². The zero-order chi connectivity index (χ0) is 18.8. The van der Waals surface area contributed by atoms with Crippen molar-refractivity contribution in [2.24, 2.45) is 0 Å². The van der Waals surface area contributed by atoms with Crippen LogP contribution >= 0.6 is 0 Å². The van der Waals surface area contributed by atoms with Crippen molar-refractivity contribution in [3.63, 3.8) is 0 Å². The van der Waals surface area contributed by atoms with Gasteiger partial charge in [0, 0.05) is 31.3 Å².